The zero-order chi connectivity index (χ0) is 14.4. The molecule has 20 heavy (non-hydrogen) atoms. The largest absolute Gasteiger partial charge is 0.363 e. The molecule has 0 aliphatic heterocycles. The smallest absolute Gasteiger partial charge is 0.167 e. The lowest BCUT2D eigenvalue weighted by molar-refractivity contribution is 0.739. The van der Waals surface area contributed by atoms with E-state index in [-0.39, 0.29) is 6.04 Å². The van der Waals surface area contributed by atoms with Gasteiger partial charge in [-0.25, -0.2) is 0 Å². The summed E-state index contributed by atoms with van der Waals surface area (Å²) >= 11 is 7.12. The van der Waals surface area contributed by atoms with E-state index in [2.05, 4.69) is 66.3 Å². The second kappa shape index (κ2) is 7.41. The van der Waals surface area contributed by atoms with Crippen molar-refractivity contribution >= 4 is 28.7 Å². The standard InChI is InChI=1S/C16H20N2S2/c1-3-10-17-16(19)18-15(14-5-4-11-20-14)13-8-6-12(2)7-9-13/h4-9,11,15H,3,10H2,1-2H3,(H2,17,18,19)/t15-/m1/s1. The van der Waals surface area contributed by atoms with E-state index in [4.69, 9.17) is 12.2 Å². The molecule has 0 unspecified atom stereocenters. The van der Waals surface area contributed by atoms with Crippen LogP contribution >= 0.6 is 23.6 Å². The molecule has 0 bridgehead atoms. The number of benzene rings is 1. The summed E-state index contributed by atoms with van der Waals surface area (Å²) in [5.41, 5.74) is 2.50. The van der Waals surface area contributed by atoms with Crippen molar-refractivity contribution in [2.75, 3.05) is 6.54 Å². The van der Waals surface area contributed by atoms with Gasteiger partial charge in [-0.3, -0.25) is 0 Å². The Morgan fingerprint density at radius 1 is 1.25 bits per heavy atom. The van der Waals surface area contributed by atoms with Crippen LogP contribution in [0.4, 0.5) is 0 Å². The first-order chi connectivity index (χ1) is 9.70. The maximum Gasteiger partial charge on any atom is 0.167 e. The van der Waals surface area contributed by atoms with Gasteiger partial charge in [-0.1, -0.05) is 42.8 Å². The van der Waals surface area contributed by atoms with Crippen molar-refractivity contribution in [3.05, 3.63) is 57.8 Å². The van der Waals surface area contributed by atoms with Gasteiger partial charge in [0.2, 0.25) is 0 Å². The predicted molar refractivity (Wildman–Crippen MR) is 91.4 cm³/mol. The summed E-state index contributed by atoms with van der Waals surface area (Å²) in [5.74, 6) is 0. The molecule has 2 aromatic rings. The number of rotatable bonds is 5. The molecule has 2 rings (SSSR count). The zero-order valence-corrected chi connectivity index (χ0v) is 13.5. The van der Waals surface area contributed by atoms with Crippen LogP contribution in [0.2, 0.25) is 0 Å². The predicted octanol–water partition coefficient (Wildman–Crippen LogP) is 4.02. The molecule has 4 heteroatoms. The Morgan fingerprint density at radius 2 is 2.00 bits per heavy atom. The molecular weight excluding hydrogens is 284 g/mol. The van der Waals surface area contributed by atoms with Crippen LogP contribution in [0.25, 0.3) is 0 Å². The van der Waals surface area contributed by atoms with Crippen molar-refractivity contribution in [2.24, 2.45) is 0 Å². The average molecular weight is 304 g/mol. The Labute approximate surface area is 130 Å². The van der Waals surface area contributed by atoms with Crippen LogP contribution in [0.15, 0.2) is 41.8 Å². The molecule has 0 aliphatic carbocycles. The second-order valence-corrected chi connectivity index (χ2v) is 6.15. The average Bonchev–Trinajstić information content (AvgIpc) is 2.97. The summed E-state index contributed by atoms with van der Waals surface area (Å²) in [4.78, 5) is 1.27. The summed E-state index contributed by atoms with van der Waals surface area (Å²) in [6.07, 6.45) is 1.07. The van der Waals surface area contributed by atoms with Crippen LogP contribution in [0.5, 0.6) is 0 Å². The van der Waals surface area contributed by atoms with Gasteiger partial charge in [0.1, 0.15) is 0 Å². The molecule has 1 heterocycles. The zero-order valence-electron chi connectivity index (χ0n) is 11.8. The van der Waals surface area contributed by atoms with Crippen LogP contribution in [0.1, 0.15) is 35.4 Å². The van der Waals surface area contributed by atoms with E-state index in [1.807, 2.05) is 0 Å². The fourth-order valence-electron chi connectivity index (χ4n) is 1.95. The molecule has 1 atom stereocenters. The van der Waals surface area contributed by atoms with Crippen LogP contribution in [0, 0.1) is 6.92 Å². The highest BCUT2D eigenvalue weighted by Crippen LogP contribution is 2.26. The Bertz CT molecular complexity index is 532. The third kappa shape index (κ3) is 4.05. The molecule has 0 spiro atoms. The summed E-state index contributed by atoms with van der Waals surface area (Å²) in [6.45, 7) is 5.13. The van der Waals surface area contributed by atoms with Crippen molar-refractivity contribution in [1.29, 1.82) is 0 Å². The summed E-state index contributed by atoms with van der Waals surface area (Å²) < 4.78 is 0. The van der Waals surface area contributed by atoms with E-state index in [9.17, 15) is 0 Å². The minimum atomic E-state index is 0.118. The molecule has 0 aliphatic rings. The van der Waals surface area contributed by atoms with Crippen molar-refractivity contribution in [1.82, 2.24) is 10.6 Å². The van der Waals surface area contributed by atoms with Crippen LogP contribution < -0.4 is 10.6 Å². The molecule has 106 valence electrons. The van der Waals surface area contributed by atoms with Gasteiger partial charge in [0.25, 0.3) is 0 Å². The quantitative estimate of drug-likeness (QED) is 0.816. The third-order valence-electron chi connectivity index (χ3n) is 3.05. The van der Waals surface area contributed by atoms with Gasteiger partial charge in [-0.2, -0.15) is 0 Å². The van der Waals surface area contributed by atoms with Gasteiger partial charge in [-0.15, -0.1) is 11.3 Å². The van der Waals surface area contributed by atoms with Crippen molar-refractivity contribution < 1.29 is 0 Å². The Hall–Kier alpha value is -1.39. The molecule has 1 aromatic heterocycles. The lowest BCUT2D eigenvalue weighted by Crippen LogP contribution is -2.38. The number of thiocarbonyl (C=S) groups is 1. The molecular formula is C16H20N2S2. The molecule has 2 nitrogen and oxygen atoms in total. The maximum absolute atomic E-state index is 5.38. The Kier molecular flexibility index (Phi) is 5.56. The van der Waals surface area contributed by atoms with Crippen molar-refractivity contribution in [3.8, 4) is 0 Å². The third-order valence-corrected chi connectivity index (χ3v) is 4.25. The van der Waals surface area contributed by atoms with Gasteiger partial charge >= 0.3 is 0 Å². The minimum Gasteiger partial charge on any atom is -0.363 e. The van der Waals surface area contributed by atoms with E-state index in [1.165, 1.54) is 16.0 Å². The van der Waals surface area contributed by atoms with Gasteiger partial charge in [0.05, 0.1) is 6.04 Å². The lowest BCUT2D eigenvalue weighted by atomic mass is 10.0. The first-order valence-electron chi connectivity index (χ1n) is 6.85. The van der Waals surface area contributed by atoms with Crippen molar-refractivity contribution in [3.63, 3.8) is 0 Å². The van der Waals surface area contributed by atoms with Gasteiger partial charge in [0.15, 0.2) is 5.11 Å². The fourth-order valence-corrected chi connectivity index (χ4v) is 2.98. The monoisotopic (exact) mass is 304 g/mol. The number of hydrogen-bond acceptors (Lipinski definition) is 2. The number of aryl methyl sites for hydroxylation is 1. The number of hydrogen-bond donors (Lipinski definition) is 2. The van der Waals surface area contributed by atoms with E-state index >= 15 is 0 Å². The first-order valence-corrected chi connectivity index (χ1v) is 8.14. The lowest BCUT2D eigenvalue weighted by Gasteiger charge is -2.20. The highest BCUT2D eigenvalue weighted by molar-refractivity contribution is 7.80. The maximum atomic E-state index is 5.38. The highest BCUT2D eigenvalue weighted by atomic mass is 32.1. The first kappa shape index (κ1) is 15.0. The van der Waals surface area contributed by atoms with Crippen LogP contribution in [-0.2, 0) is 0 Å². The van der Waals surface area contributed by atoms with E-state index < -0.39 is 0 Å². The molecule has 0 fully saturated rings. The summed E-state index contributed by atoms with van der Waals surface area (Å²) in [6, 6.07) is 12.9. The van der Waals surface area contributed by atoms with Gasteiger partial charge < -0.3 is 10.6 Å². The minimum absolute atomic E-state index is 0.118. The second-order valence-electron chi connectivity index (χ2n) is 4.76. The summed E-state index contributed by atoms with van der Waals surface area (Å²) in [5, 5.41) is 9.46. The Balaban J connectivity index is 2.17. The van der Waals surface area contributed by atoms with E-state index in [0.717, 1.165) is 13.0 Å². The normalized spacial score (nSPS) is 11.9. The number of nitrogens with one attached hydrogen (secondary N) is 2. The molecule has 2 N–H and O–H groups in total. The van der Waals surface area contributed by atoms with Crippen LogP contribution in [-0.4, -0.2) is 11.7 Å². The van der Waals surface area contributed by atoms with Crippen LogP contribution in [0.3, 0.4) is 0 Å². The topological polar surface area (TPSA) is 24.1 Å². The molecule has 0 saturated heterocycles. The SMILES string of the molecule is CCCNC(=S)N[C@H](c1ccc(C)cc1)c1cccs1. The molecule has 0 amide bonds. The number of thiophene rings is 1. The Morgan fingerprint density at radius 3 is 2.60 bits per heavy atom. The van der Waals surface area contributed by atoms with Gasteiger partial charge in [0, 0.05) is 11.4 Å². The van der Waals surface area contributed by atoms with Crippen molar-refractivity contribution in [2.45, 2.75) is 26.3 Å². The highest BCUT2D eigenvalue weighted by Gasteiger charge is 2.15. The molecule has 0 radical (unpaired) electrons. The van der Waals surface area contributed by atoms with E-state index in [1.54, 1.807) is 11.3 Å². The summed E-state index contributed by atoms with van der Waals surface area (Å²) in [7, 11) is 0. The fraction of sp³-hybridized carbons (Fsp3) is 0.312. The molecule has 1 aromatic carbocycles. The molecule has 0 saturated carbocycles. The van der Waals surface area contributed by atoms with Gasteiger partial charge in [-0.05, 0) is 42.6 Å². The van der Waals surface area contributed by atoms with E-state index in [0.29, 0.717) is 5.11 Å².